The summed E-state index contributed by atoms with van der Waals surface area (Å²) in [5, 5.41) is 3.02. The molecule has 2 heteroatoms. The highest BCUT2D eigenvalue weighted by atomic mass is 16.1. The van der Waals surface area contributed by atoms with Gasteiger partial charge in [0.2, 0.25) is 5.91 Å². The molecule has 1 amide bonds. The van der Waals surface area contributed by atoms with Gasteiger partial charge in [-0.1, -0.05) is 93.0 Å². The van der Waals surface area contributed by atoms with Gasteiger partial charge in [0, 0.05) is 13.0 Å². The SMILES string of the molecule is CC/C=C\C/C=C\C/C=C\CCCCCCCC(=O)NCCc1ccccc1. The molecule has 0 unspecified atom stereocenters. The second-order valence-electron chi connectivity index (χ2n) is 7.19. The first-order valence-corrected chi connectivity index (χ1v) is 11.1. The number of hydrogen-bond acceptors (Lipinski definition) is 1. The first-order valence-electron chi connectivity index (χ1n) is 11.1. The number of amides is 1. The van der Waals surface area contributed by atoms with Crippen molar-refractivity contribution in [2.75, 3.05) is 6.54 Å². The molecule has 0 saturated heterocycles. The molecule has 0 aliphatic carbocycles. The molecular weight excluding hydrogens is 342 g/mol. The average molecular weight is 382 g/mol. The molecule has 1 aromatic rings. The van der Waals surface area contributed by atoms with Crippen LogP contribution in [0.1, 0.15) is 76.7 Å². The van der Waals surface area contributed by atoms with Crippen molar-refractivity contribution >= 4 is 5.91 Å². The number of benzene rings is 1. The Morgan fingerprint density at radius 2 is 1.46 bits per heavy atom. The smallest absolute Gasteiger partial charge is 0.220 e. The predicted molar refractivity (Wildman–Crippen MR) is 122 cm³/mol. The minimum atomic E-state index is 0.192. The summed E-state index contributed by atoms with van der Waals surface area (Å²) in [5.74, 6) is 0.192. The summed E-state index contributed by atoms with van der Waals surface area (Å²) in [6.45, 7) is 2.90. The number of nitrogens with one attached hydrogen (secondary N) is 1. The molecule has 2 nitrogen and oxygen atoms in total. The van der Waals surface area contributed by atoms with Crippen molar-refractivity contribution in [3.63, 3.8) is 0 Å². The molecule has 1 rings (SSSR count). The van der Waals surface area contributed by atoms with Gasteiger partial charge in [0.1, 0.15) is 0 Å². The maximum absolute atomic E-state index is 11.8. The van der Waals surface area contributed by atoms with Gasteiger partial charge in [-0.2, -0.15) is 0 Å². The molecular formula is C26H39NO. The van der Waals surface area contributed by atoms with E-state index in [9.17, 15) is 4.79 Å². The zero-order chi connectivity index (χ0) is 20.1. The lowest BCUT2D eigenvalue weighted by Crippen LogP contribution is -2.25. The molecule has 0 aliphatic rings. The van der Waals surface area contributed by atoms with Crippen LogP contribution in [-0.4, -0.2) is 12.5 Å². The van der Waals surface area contributed by atoms with E-state index in [4.69, 9.17) is 0 Å². The third-order valence-corrected chi connectivity index (χ3v) is 4.63. The molecule has 0 saturated carbocycles. The summed E-state index contributed by atoms with van der Waals surface area (Å²) in [5.41, 5.74) is 1.27. The Hall–Kier alpha value is -2.09. The summed E-state index contributed by atoms with van der Waals surface area (Å²) in [6, 6.07) is 10.3. The highest BCUT2D eigenvalue weighted by Crippen LogP contribution is 2.08. The second kappa shape index (κ2) is 18.3. The van der Waals surface area contributed by atoms with Gasteiger partial charge >= 0.3 is 0 Å². The summed E-state index contributed by atoms with van der Waals surface area (Å²) >= 11 is 0. The lowest BCUT2D eigenvalue weighted by molar-refractivity contribution is -0.121. The number of rotatable bonds is 16. The summed E-state index contributed by atoms with van der Waals surface area (Å²) in [7, 11) is 0. The average Bonchev–Trinajstić information content (AvgIpc) is 2.71. The lowest BCUT2D eigenvalue weighted by Gasteiger charge is -2.05. The van der Waals surface area contributed by atoms with Crippen molar-refractivity contribution in [2.24, 2.45) is 0 Å². The third kappa shape index (κ3) is 15.0. The normalized spacial score (nSPS) is 11.8. The zero-order valence-electron chi connectivity index (χ0n) is 17.7. The Bertz CT molecular complexity index is 571. The molecule has 1 aromatic carbocycles. The van der Waals surface area contributed by atoms with Crippen LogP contribution < -0.4 is 5.32 Å². The Kier molecular flexibility index (Phi) is 15.6. The van der Waals surface area contributed by atoms with Crippen molar-refractivity contribution in [3.8, 4) is 0 Å². The molecule has 0 aromatic heterocycles. The standard InChI is InChI=1S/C26H39NO/c1-2-3-4-5-6-7-8-9-10-11-12-13-14-15-19-22-26(28)27-24-23-25-20-17-16-18-21-25/h3-4,6-7,9-10,16-18,20-21H,2,5,8,11-15,19,22-24H2,1H3,(H,27,28)/b4-3-,7-6-,10-9-. The maximum Gasteiger partial charge on any atom is 0.220 e. The van der Waals surface area contributed by atoms with Gasteiger partial charge in [0.15, 0.2) is 0 Å². The highest BCUT2D eigenvalue weighted by Gasteiger charge is 2.00. The molecule has 0 heterocycles. The number of unbranched alkanes of at least 4 members (excludes halogenated alkanes) is 5. The van der Waals surface area contributed by atoms with Crippen molar-refractivity contribution in [1.82, 2.24) is 5.32 Å². The van der Waals surface area contributed by atoms with Crippen LogP contribution in [0, 0.1) is 0 Å². The van der Waals surface area contributed by atoms with E-state index in [0.717, 1.165) is 45.1 Å². The van der Waals surface area contributed by atoms with E-state index < -0.39 is 0 Å². The van der Waals surface area contributed by atoms with Gasteiger partial charge in [-0.25, -0.2) is 0 Å². The van der Waals surface area contributed by atoms with Crippen LogP contribution in [0.5, 0.6) is 0 Å². The van der Waals surface area contributed by atoms with E-state index in [-0.39, 0.29) is 5.91 Å². The fourth-order valence-corrected chi connectivity index (χ4v) is 2.98. The third-order valence-electron chi connectivity index (χ3n) is 4.63. The van der Waals surface area contributed by atoms with Crippen LogP contribution in [0.4, 0.5) is 0 Å². The van der Waals surface area contributed by atoms with Crippen molar-refractivity contribution in [2.45, 2.75) is 77.6 Å². The van der Waals surface area contributed by atoms with E-state index in [1.165, 1.54) is 31.2 Å². The number of carbonyl (C=O) groups is 1. The van der Waals surface area contributed by atoms with E-state index in [2.05, 4.69) is 60.8 Å². The molecule has 0 bridgehead atoms. The topological polar surface area (TPSA) is 29.1 Å². The van der Waals surface area contributed by atoms with Crippen LogP contribution in [-0.2, 0) is 11.2 Å². The Morgan fingerprint density at radius 1 is 0.821 bits per heavy atom. The van der Waals surface area contributed by atoms with Crippen LogP contribution >= 0.6 is 0 Å². The molecule has 28 heavy (non-hydrogen) atoms. The molecule has 0 aliphatic heterocycles. The molecule has 1 N–H and O–H groups in total. The van der Waals surface area contributed by atoms with Crippen molar-refractivity contribution in [3.05, 3.63) is 72.4 Å². The summed E-state index contributed by atoms with van der Waals surface area (Å²) in [6.07, 6.45) is 25.3. The monoisotopic (exact) mass is 381 g/mol. The van der Waals surface area contributed by atoms with E-state index in [1.54, 1.807) is 0 Å². The van der Waals surface area contributed by atoms with Gasteiger partial charge in [-0.15, -0.1) is 0 Å². The quantitative estimate of drug-likeness (QED) is 0.244. The van der Waals surface area contributed by atoms with E-state index in [0.29, 0.717) is 6.42 Å². The maximum atomic E-state index is 11.8. The minimum Gasteiger partial charge on any atom is -0.356 e. The van der Waals surface area contributed by atoms with Crippen molar-refractivity contribution in [1.29, 1.82) is 0 Å². The fourth-order valence-electron chi connectivity index (χ4n) is 2.98. The first kappa shape index (κ1) is 23.9. The highest BCUT2D eigenvalue weighted by molar-refractivity contribution is 5.75. The van der Waals surface area contributed by atoms with Gasteiger partial charge in [0.25, 0.3) is 0 Å². The first-order chi connectivity index (χ1) is 13.8. The lowest BCUT2D eigenvalue weighted by atomic mass is 10.1. The van der Waals surface area contributed by atoms with E-state index >= 15 is 0 Å². The molecule has 154 valence electrons. The van der Waals surface area contributed by atoms with E-state index in [1.807, 2.05) is 18.2 Å². The van der Waals surface area contributed by atoms with Gasteiger partial charge < -0.3 is 5.32 Å². The summed E-state index contributed by atoms with van der Waals surface area (Å²) in [4.78, 5) is 11.8. The van der Waals surface area contributed by atoms with Crippen LogP contribution in [0.15, 0.2) is 66.8 Å². The Morgan fingerprint density at radius 3 is 2.21 bits per heavy atom. The van der Waals surface area contributed by atoms with Gasteiger partial charge in [0.05, 0.1) is 0 Å². The number of allylic oxidation sites excluding steroid dienone is 6. The Labute approximate surface area is 172 Å². The zero-order valence-corrected chi connectivity index (χ0v) is 17.7. The van der Waals surface area contributed by atoms with Gasteiger partial charge in [-0.3, -0.25) is 4.79 Å². The molecule has 0 atom stereocenters. The Balaban J connectivity index is 1.86. The second-order valence-corrected chi connectivity index (χ2v) is 7.19. The molecule has 0 fully saturated rings. The van der Waals surface area contributed by atoms with Crippen molar-refractivity contribution < 1.29 is 4.79 Å². The van der Waals surface area contributed by atoms with Gasteiger partial charge in [-0.05, 0) is 50.5 Å². The minimum absolute atomic E-state index is 0.192. The summed E-state index contributed by atoms with van der Waals surface area (Å²) < 4.78 is 0. The predicted octanol–water partition coefficient (Wildman–Crippen LogP) is 6.93. The number of hydrogen-bond donors (Lipinski definition) is 1. The van der Waals surface area contributed by atoms with Crippen LogP contribution in [0.3, 0.4) is 0 Å². The van der Waals surface area contributed by atoms with Crippen LogP contribution in [0.2, 0.25) is 0 Å². The number of carbonyl (C=O) groups excluding carboxylic acids is 1. The largest absolute Gasteiger partial charge is 0.356 e. The molecule has 0 spiro atoms. The fraction of sp³-hybridized carbons (Fsp3) is 0.500. The van der Waals surface area contributed by atoms with Crippen LogP contribution in [0.25, 0.3) is 0 Å². The molecule has 0 radical (unpaired) electrons.